The van der Waals surface area contributed by atoms with Crippen molar-refractivity contribution >= 4 is 11.8 Å². The third-order valence-corrected chi connectivity index (χ3v) is 2.48. The first-order chi connectivity index (χ1) is 9.13. The number of ether oxygens (including phenoxy) is 3. The first kappa shape index (κ1) is 18.0. The van der Waals surface area contributed by atoms with E-state index in [-0.39, 0.29) is 18.7 Å². The number of ketones is 1. The maximum atomic E-state index is 11.7. The zero-order valence-electron chi connectivity index (χ0n) is 12.1. The Morgan fingerprint density at radius 2 is 1.74 bits per heavy atom. The average molecular weight is 275 g/mol. The number of hydrogen-bond acceptors (Lipinski definition) is 6. The second-order valence-corrected chi connectivity index (χ2v) is 4.14. The Hall–Kier alpha value is -0.980. The van der Waals surface area contributed by atoms with Crippen LogP contribution in [0.3, 0.4) is 0 Å². The van der Waals surface area contributed by atoms with E-state index in [1.807, 2.05) is 4.90 Å². The molecule has 0 heterocycles. The van der Waals surface area contributed by atoms with E-state index in [9.17, 15) is 9.59 Å². The van der Waals surface area contributed by atoms with E-state index in [1.54, 1.807) is 21.1 Å². The lowest BCUT2D eigenvalue weighted by atomic mass is 10.2. The highest BCUT2D eigenvalue weighted by molar-refractivity contribution is 5.96. The minimum absolute atomic E-state index is 0.132. The van der Waals surface area contributed by atoms with Crippen molar-refractivity contribution in [3.63, 3.8) is 0 Å². The van der Waals surface area contributed by atoms with E-state index in [0.717, 1.165) is 13.0 Å². The summed E-state index contributed by atoms with van der Waals surface area (Å²) >= 11 is 0. The van der Waals surface area contributed by atoms with E-state index in [1.165, 1.54) is 0 Å². The van der Waals surface area contributed by atoms with Crippen LogP contribution in [0.4, 0.5) is 0 Å². The summed E-state index contributed by atoms with van der Waals surface area (Å²) in [5, 5.41) is 0. The molecule has 6 heteroatoms. The van der Waals surface area contributed by atoms with Gasteiger partial charge in [0.05, 0.1) is 19.8 Å². The summed E-state index contributed by atoms with van der Waals surface area (Å²) in [4.78, 5) is 24.9. The van der Waals surface area contributed by atoms with E-state index >= 15 is 0 Å². The second-order valence-electron chi connectivity index (χ2n) is 4.14. The van der Waals surface area contributed by atoms with Gasteiger partial charge in [-0.25, -0.2) is 0 Å². The Balaban J connectivity index is 4.05. The molecule has 6 nitrogen and oxygen atoms in total. The third-order valence-electron chi connectivity index (χ3n) is 2.48. The molecule has 0 bridgehead atoms. The highest BCUT2D eigenvalue weighted by Crippen LogP contribution is 1.97. The minimum Gasteiger partial charge on any atom is -0.466 e. The molecule has 0 radical (unpaired) electrons. The van der Waals surface area contributed by atoms with Crippen LogP contribution in [-0.2, 0) is 23.8 Å². The quantitative estimate of drug-likeness (QED) is 0.293. The van der Waals surface area contributed by atoms with Crippen LogP contribution in [0.25, 0.3) is 0 Å². The Labute approximate surface area is 115 Å². The Morgan fingerprint density at radius 3 is 2.32 bits per heavy atom. The topological polar surface area (TPSA) is 65.1 Å². The smallest absolute Gasteiger partial charge is 0.313 e. The molecule has 0 aromatic heterocycles. The number of carbonyl (C=O) groups excluding carboxylic acids is 2. The molecule has 0 N–H and O–H groups in total. The monoisotopic (exact) mass is 275 g/mol. The third kappa shape index (κ3) is 10.6. The van der Waals surface area contributed by atoms with Crippen LogP contribution in [0.15, 0.2) is 0 Å². The van der Waals surface area contributed by atoms with Gasteiger partial charge in [-0.2, -0.15) is 0 Å². The molecule has 0 saturated carbocycles. The highest BCUT2D eigenvalue weighted by atomic mass is 16.5. The minimum atomic E-state index is -0.462. The summed E-state index contributed by atoms with van der Waals surface area (Å²) in [5.74, 6) is -0.594. The second kappa shape index (κ2) is 12.1. The van der Waals surface area contributed by atoms with E-state index in [0.29, 0.717) is 26.4 Å². The van der Waals surface area contributed by atoms with Crippen LogP contribution >= 0.6 is 0 Å². The van der Waals surface area contributed by atoms with E-state index < -0.39 is 5.97 Å². The van der Waals surface area contributed by atoms with Gasteiger partial charge < -0.3 is 14.2 Å². The molecule has 112 valence electrons. The molecule has 0 aliphatic rings. The Kier molecular flexibility index (Phi) is 11.5. The molecular formula is C13H25NO5. The molecule has 0 aliphatic carbocycles. The van der Waals surface area contributed by atoms with Crippen LogP contribution in [0.5, 0.6) is 0 Å². The maximum Gasteiger partial charge on any atom is 0.313 e. The summed E-state index contributed by atoms with van der Waals surface area (Å²) in [6.45, 7) is 4.87. The summed E-state index contributed by atoms with van der Waals surface area (Å²) in [6, 6.07) is 0. The van der Waals surface area contributed by atoms with Gasteiger partial charge in [0.2, 0.25) is 0 Å². The molecule has 0 atom stereocenters. The van der Waals surface area contributed by atoms with Crippen molar-refractivity contribution in [2.75, 3.05) is 53.7 Å². The largest absolute Gasteiger partial charge is 0.466 e. The summed E-state index contributed by atoms with van der Waals surface area (Å²) in [6.07, 6.45) is 0.675. The fourth-order valence-corrected chi connectivity index (χ4v) is 1.60. The van der Waals surface area contributed by atoms with Gasteiger partial charge >= 0.3 is 5.97 Å². The van der Waals surface area contributed by atoms with Crippen molar-refractivity contribution in [2.45, 2.75) is 19.8 Å². The molecule has 0 rings (SSSR count). The van der Waals surface area contributed by atoms with Crippen molar-refractivity contribution in [2.24, 2.45) is 0 Å². The lowest BCUT2D eigenvalue weighted by Gasteiger charge is -2.20. The van der Waals surface area contributed by atoms with Gasteiger partial charge in [0.1, 0.15) is 6.42 Å². The summed E-state index contributed by atoms with van der Waals surface area (Å²) < 4.78 is 14.7. The van der Waals surface area contributed by atoms with E-state index in [2.05, 4.69) is 0 Å². The number of hydrogen-bond donors (Lipinski definition) is 0. The molecule has 19 heavy (non-hydrogen) atoms. The maximum absolute atomic E-state index is 11.7. The predicted molar refractivity (Wildman–Crippen MR) is 71.1 cm³/mol. The molecule has 0 amide bonds. The first-order valence-electron chi connectivity index (χ1n) is 6.51. The Morgan fingerprint density at radius 1 is 1.05 bits per heavy atom. The molecule has 0 saturated heterocycles. The number of Topliss-reactive ketones (excluding diaryl/α,β-unsaturated/α-hetero) is 1. The number of carbonyl (C=O) groups is 2. The van der Waals surface area contributed by atoms with E-state index in [4.69, 9.17) is 14.2 Å². The van der Waals surface area contributed by atoms with Crippen molar-refractivity contribution < 1.29 is 23.8 Å². The summed E-state index contributed by atoms with van der Waals surface area (Å²) in [5.41, 5.74) is 0. The molecule has 0 aromatic carbocycles. The van der Waals surface area contributed by atoms with Crippen LogP contribution in [-0.4, -0.2) is 70.3 Å². The van der Waals surface area contributed by atoms with Gasteiger partial charge in [-0.15, -0.1) is 0 Å². The van der Waals surface area contributed by atoms with Gasteiger partial charge in [-0.3, -0.25) is 14.5 Å². The summed E-state index contributed by atoms with van der Waals surface area (Å²) in [7, 11) is 3.26. The van der Waals surface area contributed by atoms with Crippen molar-refractivity contribution in [3.05, 3.63) is 0 Å². The van der Waals surface area contributed by atoms with Crippen molar-refractivity contribution in [3.8, 4) is 0 Å². The molecule has 0 aliphatic heterocycles. The number of methoxy groups -OCH3 is 2. The average Bonchev–Trinajstić information content (AvgIpc) is 2.36. The van der Waals surface area contributed by atoms with Gasteiger partial charge in [0.25, 0.3) is 0 Å². The fourth-order valence-electron chi connectivity index (χ4n) is 1.60. The lowest BCUT2D eigenvalue weighted by molar-refractivity contribution is -0.145. The zero-order chi connectivity index (χ0) is 14.5. The van der Waals surface area contributed by atoms with Crippen molar-refractivity contribution in [1.29, 1.82) is 0 Å². The van der Waals surface area contributed by atoms with Gasteiger partial charge in [0, 0.05) is 33.9 Å². The predicted octanol–water partition coefficient (Wildman–Crippen LogP) is 0.494. The lowest BCUT2D eigenvalue weighted by Crippen LogP contribution is -2.35. The zero-order valence-corrected chi connectivity index (χ0v) is 12.1. The SMILES string of the molecule is CCOC(=O)CC(=O)CN(CCCOC)CCOC. The molecule has 0 unspecified atom stereocenters. The molecular weight excluding hydrogens is 250 g/mol. The van der Waals surface area contributed by atoms with Crippen molar-refractivity contribution in [1.82, 2.24) is 4.90 Å². The molecule has 0 aromatic rings. The van der Waals surface area contributed by atoms with Crippen LogP contribution < -0.4 is 0 Å². The highest BCUT2D eigenvalue weighted by Gasteiger charge is 2.14. The first-order valence-corrected chi connectivity index (χ1v) is 6.51. The number of nitrogens with zero attached hydrogens (tertiary/aromatic N) is 1. The van der Waals surface area contributed by atoms with Gasteiger partial charge in [0.15, 0.2) is 5.78 Å². The molecule has 0 fully saturated rings. The van der Waals surface area contributed by atoms with Gasteiger partial charge in [-0.1, -0.05) is 0 Å². The van der Waals surface area contributed by atoms with Gasteiger partial charge in [-0.05, 0) is 13.3 Å². The number of rotatable bonds is 12. The van der Waals surface area contributed by atoms with Crippen LogP contribution in [0.1, 0.15) is 19.8 Å². The Bertz CT molecular complexity index is 257. The molecule has 0 spiro atoms. The standard InChI is InChI=1S/C13H25NO5/c1-4-19-13(16)10-12(15)11-14(7-9-18-3)6-5-8-17-2/h4-11H2,1-3H3. The van der Waals surface area contributed by atoms with Crippen LogP contribution in [0.2, 0.25) is 0 Å². The van der Waals surface area contributed by atoms with Crippen LogP contribution in [0, 0.1) is 0 Å². The fraction of sp³-hybridized carbons (Fsp3) is 0.846. The number of esters is 1. The normalized spacial score (nSPS) is 10.7.